The molecule has 0 aliphatic carbocycles. The Kier molecular flexibility index (Phi) is 3.71. The zero-order valence-corrected chi connectivity index (χ0v) is 14.0. The summed E-state index contributed by atoms with van der Waals surface area (Å²) < 4.78 is 1.12. The van der Waals surface area contributed by atoms with Gasteiger partial charge in [-0.05, 0) is 64.6 Å². The fourth-order valence-electron chi connectivity index (χ4n) is 2.34. The van der Waals surface area contributed by atoms with Gasteiger partial charge in [-0.2, -0.15) is 0 Å². The van der Waals surface area contributed by atoms with Crippen molar-refractivity contribution in [3.8, 4) is 0 Å². The predicted molar refractivity (Wildman–Crippen MR) is 96.4 cm³/mol. The lowest BCUT2D eigenvalue weighted by molar-refractivity contribution is -0.110. The Morgan fingerprint density at radius 2 is 1.81 bits per heavy atom. The molecule has 0 radical (unpaired) electrons. The van der Waals surface area contributed by atoms with Crippen molar-refractivity contribution in [3.63, 3.8) is 0 Å². The number of carbonyl (C=O) groups excluding carboxylic acids is 1. The molecule has 1 N–H and O–H groups in total. The van der Waals surface area contributed by atoms with Crippen molar-refractivity contribution in [2.24, 2.45) is 0 Å². The van der Waals surface area contributed by atoms with Gasteiger partial charge in [0.25, 0.3) is 5.91 Å². The van der Waals surface area contributed by atoms with Crippen LogP contribution in [-0.4, -0.2) is 20.0 Å². The zero-order valence-electron chi connectivity index (χ0n) is 11.9. The van der Waals surface area contributed by atoms with Crippen molar-refractivity contribution in [2.45, 2.75) is 0 Å². The minimum atomic E-state index is -0.0383. The Morgan fingerprint density at radius 3 is 2.48 bits per heavy atom. The van der Waals surface area contributed by atoms with Gasteiger partial charge < -0.3 is 10.2 Å². The molecule has 0 fully saturated rings. The van der Waals surface area contributed by atoms with Crippen LogP contribution >= 0.6 is 22.6 Å². The Hall–Kier alpha value is -1.82. The third-order valence-electron chi connectivity index (χ3n) is 3.49. The van der Waals surface area contributed by atoms with Crippen molar-refractivity contribution in [3.05, 3.63) is 57.2 Å². The molecule has 0 unspecified atom stereocenters. The van der Waals surface area contributed by atoms with E-state index in [2.05, 4.69) is 44.9 Å². The third-order valence-corrected chi connectivity index (χ3v) is 4.16. The molecule has 3 rings (SSSR count). The smallest absolute Gasteiger partial charge is 0.256 e. The van der Waals surface area contributed by atoms with E-state index in [0.29, 0.717) is 0 Å². The first-order chi connectivity index (χ1) is 10.0. The molecule has 0 saturated heterocycles. The lowest BCUT2D eigenvalue weighted by atomic mass is 10.0. The molecule has 1 aliphatic heterocycles. The maximum atomic E-state index is 12.1. The fourth-order valence-corrected chi connectivity index (χ4v) is 2.83. The van der Waals surface area contributed by atoms with Gasteiger partial charge in [0.1, 0.15) is 0 Å². The van der Waals surface area contributed by atoms with Crippen LogP contribution < -0.4 is 10.2 Å². The van der Waals surface area contributed by atoms with Gasteiger partial charge >= 0.3 is 0 Å². The SMILES string of the molecule is CN(C)c1ccc(/C=C2/C(=O)Nc3ccc([125I])cc32)cc1. The van der Waals surface area contributed by atoms with Crippen LogP contribution in [0.1, 0.15) is 11.1 Å². The average Bonchev–Trinajstić information content (AvgIpc) is 2.76. The van der Waals surface area contributed by atoms with Gasteiger partial charge in [0, 0.05) is 40.2 Å². The number of hydrogen-bond donors (Lipinski definition) is 1. The number of hydrogen-bond acceptors (Lipinski definition) is 2. The van der Waals surface area contributed by atoms with Gasteiger partial charge in [-0.15, -0.1) is 0 Å². The molecule has 1 aliphatic rings. The minimum Gasteiger partial charge on any atom is -0.378 e. The molecular weight excluding hydrogens is 373 g/mol. The summed E-state index contributed by atoms with van der Waals surface area (Å²) in [6.07, 6.45) is 1.94. The van der Waals surface area contributed by atoms with E-state index >= 15 is 0 Å². The Labute approximate surface area is 137 Å². The maximum Gasteiger partial charge on any atom is 0.256 e. The number of nitrogens with zero attached hydrogens (tertiary/aromatic N) is 1. The maximum absolute atomic E-state index is 12.1. The molecule has 2 aromatic rings. The molecule has 21 heavy (non-hydrogen) atoms. The van der Waals surface area contributed by atoms with Crippen molar-refractivity contribution in [1.29, 1.82) is 0 Å². The summed E-state index contributed by atoms with van der Waals surface area (Å²) in [5, 5.41) is 2.91. The first-order valence-electron chi connectivity index (χ1n) is 6.65. The molecule has 0 spiro atoms. The summed E-state index contributed by atoms with van der Waals surface area (Å²) in [4.78, 5) is 14.2. The van der Waals surface area contributed by atoms with Crippen molar-refractivity contribution >= 4 is 51.5 Å². The number of amides is 1. The van der Waals surface area contributed by atoms with E-state index in [-0.39, 0.29) is 5.91 Å². The van der Waals surface area contributed by atoms with E-state index in [0.717, 1.165) is 31.6 Å². The number of benzene rings is 2. The average molecular weight is 388 g/mol. The van der Waals surface area contributed by atoms with Gasteiger partial charge in [0.15, 0.2) is 0 Å². The van der Waals surface area contributed by atoms with E-state index in [4.69, 9.17) is 0 Å². The van der Waals surface area contributed by atoms with Gasteiger partial charge in [-0.25, -0.2) is 0 Å². The summed E-state index contributed by atoms with van der Waals surface area (Å²) in [7, 11) is 4.02. The van der Waals surface area contributed by atoms with Crippen LogP contribution in [-0.2, 0) is 4.79 Å². The van der Waals surface area contributed by atoms with Crippen molar-refractivity contribution in [2.75, 3.05) is 24.3 Å². The van der Waals surface area contributed by atoms with Crippen molar-refractivity contribution in [1.82, 2.24) is 0 Å². The van der Waals surface area contributed by atoms with E-state index in [1.54, 1.807) is 0 Å². The first kappa shape index (κ1) is 14.1. The third kappa shape index (κ3) is 2.81. The van der Waals surface area contributed by atoms with E-state index < -0.39 is 0 Å². The molecule has 1 heterocycles. The highest BCUT2D eigenvalue weighted by Crippen LogP contribution is 2.34. The summed E-state index contributed by atoms with van der Waals surface area (Å²) >= 11 is 2.26. The molecule has 0 aromatic heterocycles. The molecule has 106 valence electrons. The Bertz CT molecular complexity index is 733. The van der Waals surface area contributed by atoms with Crippen LogP contribution in [0.15, 0.2) is 42.5 Å². The zero-order chi connectivity index (χ0) is 15.0. The molecule has 0 atom stereocenters. The number of rotatable bonds is 2. The van der Waals surface area contributed by atoms with Crippen LogP contribution in [0.3, 0.4) is 0 Å². The monoisotopic (exact) mass is 388 g/mol. The number of anilines is 2. The lowest BCUT2D eigenvalue weighted by Crippen LogP contribution is -2.08. The molecule has 2 aromatic carbocycles. The second-order valence-corrected chi connectivity index (χ2v) is 6.43. The highest BCUT2D eigenvalue weighted by Gasteiger charge is 2.23. The molecule has 3 nitrogen and oxygen atoms in total. The standard InChI is InChI=1S/C17H15IN2O/c1-20(2)13-6-3-11(4-7-13)9-15-14-10-12(18)5-8-16(14)19-17(15)21/h3-10H,1-2H3,(H,19,21)/b15-9+/i18-2. The number of halogens is 1. The van der Waals surface area contributed by atoms with Crippen LogP contribution in [0.5, 0.6) is 0 Å². The lowest BCUT2D eigenvalue weighted by Gasteiger charge is -2.11. The first-order valence-corrected chi connectivity index (χ1v) is 7.73. The van der Waals surface area contributed by atoms with Crippen molar-refractivity contribution < 1.29 is 4.79 Å². The molecule has 1 amide bonds. The van der Waals surface area contributed by atoms with Gasteiger partial charge in [-0.3, -0.25) is 4.79 Å². The summed E-state index contributed by atoms with van der Waals surface area (Å²) in [5.74, 6) is -0.0383. The number of carbonyl (C=O) groups is 1. The minimum absolute atomic E-state index is 0.0383. The highest BCUT2D eigenvalue weighted by molar-refractivity contribution is 14.1. The fraction of sp³-hybridized carbons (Fsp3) is 0.118. The molecule has 4 heteroatoms. The van der Waals surface area contributed by atoms with Crippen LogP contribution in [0.2, 0.25) is 0 Å². The topological polar surface area (TPSA) is 32.3 Å². The normalized spacial score (nSPS) is 15.0. The Morgan fingerprint density at radius 1 is 1.10 bits per heavy atom. The van der Waals surface area contributed by atoms with Crippen LogP contribution in [0, 0.1) is 3.57 Å². The second kappa shape index (κ2) is 5.52. The molecule has 0 saturated carbocycles. The van der Waals surface area contributed by atoms with Crippen LogP contribution in [0.4, 0.5) is 11.4 Å². The largest absolute Gasteiger partial charge is 0.378 e. The predicted octanol–water partition coefficient (Wildman–Crippen LogP) is 3.85. The summed E-state index contributed by atoms with van der Waals surface area (Å²) in [6.45, 7) is 0. The van der Waals surface area contributed by atoms with Crippen LogP contribution in [0.25, 0.3) is 11.6 Å². The van der Waals surface area contributed by atoms with Gasteiger partial charge in [0.05, 0.1) is 0 Å². The van der Waals surface area contributed by atoms with E-state index in [1.165, 1.54) is 0 Å². The quantitative estimate of drug-likeness (QED) is 0.626. The van der Waals surface area contributed by atoms with E-state index in [9.17, 15) is 4.79 Å². The second-order valence-electron chi connectivity index (χ2n) is 5.19. The van der Waals surface area contributed by atoms with Gasteiger partial charge in [-0.1, -0.05) is 12.1 Å². The highest BCUT2D eigenvalue weighted by atomic mass is 125. The van der Waals surface area contributed by atoms with E-state index in [1.807, 2.05) is 50.5 Å². The summed E-state index contributed by atoms with van der Waals surface area (Å²) in [6, 6.07) is 14.1. The Balaban J connectivity index is 2.00. The summed E-state index contributed by atoms with van der Waals surface area (Å²) in [5.41, 5.74) is 4.75. The number of fused-ring (bicyclic) bond motifs is 1. The van der Waals surface area contributed by atoms with Gasteiger partial charge in [0.2, 0.25) is 0 Å². The molecule has 0 bridgehead atoms. The molecular formula is C17H15IN2O. The number of nitrogens with one attached hydrogen (secondary N) is 1.